The fourth-order valence-electron chi connectivity index (χ4n) is 4.47. The molecule has 0 atom stereocenters. The quantitative estimate of drug-likeness (QED) is 0.562. The van der Waals surface area contributed by atoms with E-state index in [1.807, 2.05) is 0 Å². The zero-order chi connectivity index (χ0) is 21.8. The number of hydrogen-bond acceptors (Lipinski definition) is 8. The molecule has 0 bridgehead atoms. The van der Waals surface area contributed by atoms with Crippen molar-refractivity contribution < 1.29 is 0 Å². The van der Waals surface area contributed by atoms with Gasteiger partial charge < -0.3 is 15.5 Å². The monoisotopic (exact) mass is 434 g/mol. The van der Waals surface area contributed by atoms with Crippen molar-refractivity contribution in [1.29, 1.82) is 0 Å². The molecule has 0 saturated carbocycles. The van der Waals surface area contributed by atoms with Crippen LogP contribution in [0.5, 0.6) is 0 Å². The molecular weight excluding hydrogens is 404 g/mol. The Hall–Kier alpha value is -3.04. The summed E-state index contributed by atoms with van der Waals surface area (Å²) in [7, 11) is 0. The molecule has 3 N–H and O–H groups in total. The second kappa shape index (κ2) is 9.62. The smallest absolute Gasteiger partial charge is 0.277 e. The molecule has 0 unspecified atom stereocenters. The van der Waals surface area contributed by atoms with E-state index in [-0.39, 0.29) is 5.56 Å². The maximum Gasteiger partial charge on any atom is 0.277 e. The van der Waals surface area contributed by atoms with Gasteiger partial charge in [-0.3, -0.25) is 9.69 Å². The van der Waals surface area contributed by atoms with Crippen molar-refractivity contribution in [2.24, 2.45) is 0 Å². The van der Waals surface area contributed by atoms with Gasteiger partial charge in [0.25, 0.3) is 5.56 Å². The number of rotatable bonds is 5. The number of hydrogen-bond donors (Lipinski definition) is 3. The molecule has 32 heavy (non-hydrogen) atoms. The number of anilines is 3. The summed E-state index contributed by atoms with van der Waals surface area (Å²) in [6, 6.07) is 8.40. The van der Waals surface area contributed by atoms with Crippen molar-refractivity contribution in [3.63, 3.8) is 0 Å². The maximum absolute atomic E-state index is 12.5. The van der Waals surface area contributed by atoms with Gasteiger partial charge in [0.15, 0.2) is 0 Å². The molecule has 5 rings (SSSR count). The Morgan fingerprint density at radius 3 is 2.62 bits per heavy atom. The zero-order valence-corrected chi connectivity index (χ0v) is 18.3. The van der Waals surface area contributed by atoms with E-state index in [2.05, 4.69) is 59.9 Å². The summed E-state index contributed by atoms with van der Waals surface area (Å²) in [6.45, 7) is 6.91. The predicted octanol–water partition coefficient (Wildman–Crippen LogP) is 2.24. The van der Waals surface area contributed by atoms with E-state index >= 15 is 0 Å². The van der Waals surface area contributed by atoms with Crippen molar-refractivity contribution in [2.75, 3.05) is 49.5 Å². The first-order valence-corrected chi connectivity index (χ1v) is 11.6. The minimum Gasteiger partial charge on any atom is -0.339 e. The highest BCUT2D eigenvalue weighted by atomic mass is 16.1. The Kier molecular flexibility index (Phi) is 6.27. The van der Waals surface area contributed by atoms with Gasteiger partial charge in [-0.25, -0.2) is 10.1 Å². The molecular formula is C23H30N8O. The third-order valence-corrected chi connectivity index (χ3v) is 6.20. The third-order valence-electron chi connectivity index (χ3n) is 6.20. The van der Waals surface area contributed by atoms with Crippen LogP contribution in [-0.2, 0) is 6.54 Å². The van der Waals surface area contributed by atoms with Crippen LogP contribution in [0.15, 0.2) is 35.3 Å². The summed E-state index contributed by atoms with van der Waals surface area (Å²) in [5.41, 5.74) is 2.44. The Labute approximate surface area is 187 Å². The molecule has 2 aliphatic heterocycles. The van der Waals surface area contributed by atoms with Gasteiger partial charge in [-0.2, -0.15) is 10.1 Å². The Morgan fingerprint density at radius 1 is 0.938 bits per heavy atom. The number of likely N-dealkylation sites (tertiary alicyclic amines) is 1. The number of aromatic nitrogens is 4. The second-order valence-electron chi connectivity index (χ2n) is 8.58. The lowest BCUT2D eigenvalue weighted by atomic mass is 10.1. The van der Waals surface area contributed by atoms with E-state index in [4.69, 9.17) is 4.98 Å². The van der Waals surface area contributed by atoms with E-state index in [1.165, 1.54) is 37.9 Å². The van der Waals surface area contributed by atoms with Gasteiger partial charge in [-0.05, 0) is 56.6 Å². The molecule has 9 nitrogen and oxygen atoms in total. The van der Waals surface area contributed by atoms with Gasteiger partial charge >= 0.3 is 0 Å². The van der Waals surface area contributed by atoms with Crippen LogP contribution in [0.4, 0.5) is 17.5 Å². The molecule has 4 heterocycles. The standard InChI is InChI=1S/C23H30N8O/c32-22-20-19(15-25-29-22)27-23(31-13-4-9-24-10-14-31)28-21(20)26-18-7-5-17(6-8-18)16-30-11-2-1-3-12-30/h5-8,15,24H,1-4,9-14,16H2,(H,29,32)(H,26,27,28). The zero-order valence-electron chi connectivity index (χ0n) is 18.3. The molecule has 2 aromatic heterocycles. The van der Waals surface area contributed by atoms with Crippen LogP contribution in [0.1, 0.15) is 31.2 Å². The van der Waals surface area contributed by atoms with Crippen molar-refractivity contribution >= 4 is 28.4 Å². The molecule has 0 amide bonds. The highest BCUT2D eigenvalue weighted by molar-refractivity contribution is 5.90. The lowest BCUT2D eigenvalue weighted by Crippen LogP contribution is -2.30. The molecule has 2 saturated heterocycles. The van der Waals surface area contributed by atoms with Gasteiger partial charge in [0.1, 0.15) is 16.7 Å². The number of fused-ring (bicyclic) bond motifs is 1. The Bertz CT molecular complexity index is 1100. The summed E-state index contributed by atoms with van der Waals surface area (Å²) in [5, 5.41) is 13.6. The summed E-state index contributed by atoms with van der Waals surface area (Å²) in [4.78, 5) is 26.6. The summed E-state index contributed by atoms with van der Waals surface area (Å²) < 4.78 is 0. The highest BCUT2D eigenvalue weighted by Gasteiger charge is 2.18. The molecule has 0 radical (unpaired) electrons. The molecule has 1 aromatic carbocycles. The van der Waals surface area contributed by atoms with Crippen LogP contribution < -0.4 is 21.1 Å². The first-order chi connectivity index (χ1) is 15.8. The van der Waals surface area contributed by atoms with Crippen LogP contribution in [0.2, 0.25) is 0 Å². The van der Waals surface area contributed by atoms with Gasteiger partial charge in [0.2, 0.25) is 5.95 Å². The molecule has 0 aliphatic carbocycles. The normalized spacial score (nSPS) is 17.9. The van der Waals surface area contributed by atoms with E-state index < -0.39 is 0 Å². The number of benzene rings is 1. The van der Waals surface area contributed by atoms with Crippen molar-refractivity contribution in [3.05, 3.63) is 46.4 Å². The van der Waals surface area contributed by atoms with Crippen LogP contribution in [0, 0.1) is 0 Å². The molecule has 2 aliphatic rings. The van der Waals surface area contributed by atoms with E-state index in [9.17, 15) is 4.79 Å². The largest absolute Gasteiger partial charge is 0.339 e. The highest BCUT2D eigenvalue weighted by Crippen LogP contribution is 2.24. The first-order valence-electron chi connectivity index (χ1n) is 11.6. The van der Waals surface area contributed by atoms with E-state index in [0.717, 1.165) is 44.8 Å². The summed E-state index contributed by atoms with van der Waals surface area (Å²) in [6.07, 6.45) is 6.54. The van der Waals surface area contributed by atoms with Crippen LogP contribution in [0.25, 0.3) is 10.9 Å². The second-order valence-corrected chi connectivity index (χ2v) is 8.58. The fourth-order valence-corrected chi connectivity index (χ4v) is 4.47. The lowest BCUT2D eigenvalue weighted by molar-refractivity contribution is 0.221. The van der Waals surface area contributed by atoms with Crippen molar-refractivity contribution in [3.8, 4) is 0 Å². The SMILES string of the molecule is O=c1[nH]ncc2nc(N3CCCNCC3)nc(Nc3ccc(CN4CCCCC4)cc3)c12. The average molecular weight is 435 g/mol. The molecule has 3 aromatic rings. The van der Waals surface area contributed by atoms with Crippen molar-refractivity contribution in [1.82, 2.24) is 30.4 Å². The third kappa shape index (κ3) is 4.73. The number of H-pyrrole nitrogens is 1. The number of nitrogens with zero attached hydrogens (tertiary/aromatic N) is 5. The van der Waals surface area contributed by atoms with Gasteiger partial charge in [0.05, 0.1) is 6.20 Å². The molecule has 2 fully saturated rings. The lowest BCUT2D eigenvalue weighted by Gasteiger charge is -2.26. The number of aromatic amines is 1. The van der Waals surface area contributed by atoms with Crippen LogP contribution >= 0.6 is 0 Å². The maximum atomic E-state index is 12.5. The molecule has 9 heteroatoms. The number of nitrogens with one attached hydrogen (secondary N) is 3. The summed E-state index contributed by atoms with van der Waals surface area (Å²) >= 11 is 0. The van der Waals surface area contributed by atoms with Crippen LogP contribution in [0.3, 0.4) is 0 Å². The van der Waals surface area contributed by atoms with Gasteiger partial charge in [-0.15, -0.1) is 0 Å². The molecule has 168 valence electrons. The average Bonchev–Trinajstić information content (AvgIpc) is 3.11. The Balaban J connectivity index is 1.41. The topological polar surface area (TPSA) is 102 Å². The number of piperidine rings is 1. The molecule has 0 spiro atoms. The minimum atomic E-state index is -0.296. The first kappa shape index (κ1) is 20.8. The Morgan fingerprint density at radius 2 is 1.78 bits per heavy atom. The van der Waals surface area contributed by atoms with E-state index in [0.29, 0.717) is 22.7 Å². The van der Waals surface area contributed by atoms with Gasteiger partial charge in [0, 0.05) is 31.9 Å². The van der Waals surface area contributed by atoms with Gasteiger partial charge in [-0.1, -0.05) is 18.6 Å². The van der Waals surface area contributed by atoms with E-state index in [1.54, 1.807) is 6.20 Å². The van der Waals surface area contributed by atoms with Crippen LogP contribution in [-0.4, -0.2) is 64.3 Å². The minimum absolute atomic E-state index is 0.296. The fraction of sp³-hybridized carbons (Fsp3) is 0.478. The van der Waals surface area contributed by atoms with Crippen molar-refractivity contribution in [2.45, 2.75) is 32.2 Å². The predicted molar refractivity (Wildman–Crippen MR) is 127 cm³/mol. The summed E-state index contributed by atoms with van der Waals surface area (Å²) in [5.74, 6) is 1.13.